The maximum atomic E-state index is 11.7. The lowest BCUT2D eigenvalue weighted by atomic mass is 9.85. The summed E-state index contributed by atoms with van der Waals surface area (Å²) in [7, 11) is 0. The Hall–Kier alpha value is -1.84. The molecule has 0 heterocycles. The summed E-state index contributed by atoms with van der Waals surface area (Å²) in [6.45, 7) is 2.41. The predicted octanol–water partition coefficient (Wildman–Crippen LogP) is 2.24. The molecule has 19 heavy (non-hydrogen) atoms. The van der Waals surface area contributed by atoms with E-state index in [2.05, 4.69) is 10.6 Å². The number of amides is 2. The first kappa shape index (κ1) is 13.6. The largest absolute Gasteiger partial charge is 0.355 e. The average Bonchev–Trinajstić information content (AvgIpc) is 2.30. The van der Waals surface area contributed by atoms with E-state index < -0.39 is 0 Å². The van der Waals surface area contributed by atoms with E-state index in [1.54, 1.807) is 0 Å². The van der Waals surface area contributed by atoms with E-state index >= 15 is 0 Å². The van der Waals surface area contributed by atoms with Crippen molar-refractivity contribution in [3.05, 3.63) is 29.8 Å². The van der Waals surface area contributed by atoms with Crippen molar-refractivity contribution in [1.82, 2.24) is 5.32 Å². The van der Waals surface area contributed by atoms with Gasteiger partial charge in [-0.2, -0.15) is 0 Å². The Morgan fingerprint density at radius 3 is 2.47 bits per heavy atom. The van der Waals surface area contributed by atoms with Crippen LogP contribution in [0.5, 0.6) is 0 Å². The third-order valence-corrected chi connectivity index (χ3v) is 3.46. The van der Waals surface area contributed by atoms with Gasteiger partial charge in [-0.15, -0.1) is 0 Å². The van der Waals surface area contributed by atoms with E-state index in [0.717, 1.165) is 30.5 Å². The van der Waals surface area contributed by atoms with E-state index in [-0.39, 0.29) is 17.7 Å². The Labute approximate surface area is 113 Å². The topological polar surface area (TPSA) is 58.2 Å². The highest BCUT2D eigenvalue weighted by atomic mass is 16.2. The average molecular weight is 260 g/mol. The van der Waals surface area contributed by atoms with Gasteiger partial charge in [0, 0.05) is 24.6 Å². The Bertz CT molecular complexity index is 450. The highest BCUT2D eigenvalue weighted by molar-refractivity contribution is 5.91. The summed E-state index contributed by atoms with van der Waals surface area (Å²) in [4.78, 5) is 23.2. The summed E-state index contributed by atoms with van der Waals surface area (Å²) in [6, 6.07) is 7.66. The fourth-order valence-corrected chi connectivity index (χ4v) is 1.97. The Balaban J connectivity index is 1.66. The molecule has 1 aromatic rings. The van der Waals surface area contributed by atoms with E-state index in [0.29, 0.717) is 13.0 Å². The zero-order valence-corrected chi connectivity index (χ0v) is 11.2. The molecule has 0 saturated heterocycles. The minimum atomic E-state index is -0.0715. The second kappa shape index (κ2) is 6.36. The normalized spacial score (nSPS) is 14.6. The number of carbonyl (C=O) groups excluding carboxylic acids is 2. The van der Waals surface area contributed by atoms with E-state index in [1.807, 2.05) is 31.2 Å². The number of benzene rings is 1. The molecule has 102 valence electrons. The van der Waals surface area contributed by atoms with Gasteiger partial charge in [-0.25, -0.2) is 0 Å². The molecule has 4 heteroatoms. The molecule has 2 rings (SSSR count). The molecule has 1 fully saturated rings. The van der Waals surface area contributed by atoms with Crippen molar-refractivity contribution in [3.63, 3.8) is 0 Å². The molecule has 0 unspecified atom stereocenters. The number of hydrogen-bond donors (Lipinski definition) is 2. The number of rotatable bonds is 5. The third kappa shape index (κ3) is 4.09. The predicted molar refractivity (Wildman–Crippen MR) is 74.8 cm³/mol. The Kier molecular flexibility index (Phi) is 4.55. The van der Waals surface area contributed by atoms with Crippen LogP contribution in [0.1, 0.15) is 31.2 Å². The summed E-state index contributed by atoms with van der Waals surface area (Å²) in [5, 5.41) is 5.62. The van der Waals surface area contributed by atoms with Gasteiger partial charge >= 0.3 is 0 Å². The molecule has 1 aliphatic rings. The maximum absolute atomic E-state index is 11.7. The van der Waals surface area contributed by atoms with Crippen molar-refractivity contribution in [1.29, 1.82) is 0 Å². The van der Waals surface area contributed by atoms with Crippen LogP contribution in [-0.2, 0) is 9.59 Å². The second-order valence-corrected chi connectivity index (χ2v) is 5.08. The molecule has 0 aromatic heterocycles. The van der Waals surface area contributed by atoms with Crippen molar-refractivity contribution in [3.8, 4) is 0 Å². The summed E-state index contributed by atoms with van der Waals surface area (Å²) in [5.41, 5.74) is 1.95. The minimum absolute atomic E-state index is 0.0715. The molecule has 1 aromatic carbocycles. The summed E-state index contributed by atoms with van der Waals surface area (Å²) in [5.74, 6) is 0.201. The lowest BCUT2D eigenvalue weighted by Crippen LogP contribution is -2.36. The molecule has 1 aliphatic carbocycles. The van der Waals surface area contributed by atoms with Gasteiger partial charge in [0.15, 0.2) is 0 Å². The van der Waals surface area contributed by atoms with Gasteiger partial charge in [0.05, 0.1) is 0 Å². The highest BCUT2D eigenvalue weighted by Gasteiger charge is 2.24. The van der Waals surface area contributed by atoms with Crippen LogP contribution < -0.4 is 10.6 Å². The lowest BCUT2D eigenvalue weighted by molar-refractivity contribution is -0.127. The Morgan fingerprint density at radius 2 is 1.89 bits per heavy atom. The molecule has 0 bridgehead atoms. The van der Waals surface area contributed by atoms with Crippen molar-refractivity contribution in [2.24, 2.45) is 5.92 Å². The lowest BCUT2D eigenvalue weighted by Gasteiger charge is -2.23. The van der Waals surface area contributed by atoms with Gasteiger partial charge in [0.2, 0.25) is 11.8 Å². The van der Waals surface area contributed by atoms with E-state index in [9.17, 15) is 9.59 Å². The fourth-order valence-electron chi connectivity index (χ4n) is 1.97. The zero-order chi connectivity index (χ0) is 13.7. The fraction of sp³-hybridized carbons (Fsp3) is 0.467. The molecule has 2 amide bonds. The molecule has 0 spiro atoms. The first-order valence-electron chi connectivity index (χ1n) is 6.79. The second-order valence-electron chi connectivity index (χ2n) is 5.08. The van der Waals surface area contributed by atoms with Gasteiger partial charge in [-0.3, -0.25) is 9.59 Å². The van der Waals surface area contributed by atoms with Gasteiger partial charge < -0.3 is 10.6 Å². The molecule has 1 saturated carbocycles. The smallest absolute Gasteiger partial charge is 0.226 e. The Morgan fingerprint density at radius 1 is 1.21 bits per heavy atom. The number of hydrogen-bond acceptors (Lipinski definition) is 2. The minimum Gasteiger partial charge on any atom is -0.355 e. The van der Waals surface area contributed by atoms with Crippen LogP contribution in [0.4, 0.5) is 5.69 Å². The monoisotopic (exact) mass is 260 g/mol. The van der Waals surface area contributed by atoms with E-state index in [1.165, 1.54) is 0 Å². The van der Waals surface area contributed by atoms with Crippen molar-refractivity contribution < 1.29 is 9.59 Å². The van der Waals surface area contributed by atoms with Crippen molar-refractivity contribution >= 4 is 17.5 Å². The van der Waals surface area contributed by atoms with E-state index in [4.69, 9.17) is 0 Å². The van der Waals surface area contributed by atoms with Crippen molar-refractivity contribution in [2.75, 3.05) is 11.9 Å². The summed E-state index contributed by atoms with van der Waals surface area (Å²) >= 11 is 0. The standard InChI is InChI=1S/C15H20N2O2/c1-11-5-7-13(8-6-11)17-14(18)9-10-16-15(19)12-3-2-4-12/h5-8,12H,2-4,9-10H2,1H3,(H,16,19)(H,17,18). The summed E-state index contributed by atoms with van der Waals surface area (Å²) < 4.78 is 0. The van der Waals surface area contributed by atoms with Gasteiger partial charge in [0.25, 0.3) is 0 Å². The van der Waals surface area contributed by atoms with Crippen LogP contribution in [-0.4, -0.2) is 18.4 Å². The highest BCUT2D eigenvalue weighted by Crippen LogP contribution is 2.26. The molecular formula is C15H20N2O2. The maximum Gasteiger partial charge on any atom is 0.226 e. The molecule has 0 radical (unpaired) electrons. The number of anilines is 1. The quantitative estimate of drug-likeness (QED) is 0.853. The molecule has 0 aliphatic heterocycles. The van der Waals surface area contributed by atoms with Crippen LogP contribution in [0.15, 0.2) is 24.3 Å². The zero-order valence-electron chi connectivity index (χ0n) is 11.2. The summed E-state index contributed by atoms with van der Waals surface area (Å²) in [6.07, 6.45) is 3.43. The SMILES string of the molecule is Cc1ccc(NC(=O)CCNC(=O)C2CCC2)cc1. The van der Waals surface area contributed by atoms with Crippen LogP contribution in [0.25, 0.3) is 0 Å². The third-order valence-electron chi connectivity index (χ3n) is 3.46. The number of aryl methyl sites for hydroxylation is 1. The van der Waals surface area contributed by atoms with Crippen LogP contribution in [0, 0.1) is 12.8 Å². The van der Waals surface area contributed by atoms with Crippen molar-refractivity contribution in [2.45, 2.75) is 32.6 Å². The molecule has 4 nitrogen and oxygen atoms in total. The number of nitrogens with one attached hydrogen (secondary N) is 2. The number of carbonyl (C=O) groups is 2. The first-order valence-corrected chi connectivity index (χ1v) is 6.79. The van der Waals surface area contributed by atoms with Gasteiger partial charge in [0.1, 0.15) is 0 Å². The van der Waals surface area contributed by atoms with Gasteiger partial charge in [-0.05, 0) is 31.9 Å². The van der Waals surface area contributed by atoms with Crippen LogP contribution in [0.3, 0.4) is 0 Å². The molecular weight excluding hydrogens is 240 g/mol. The van der Waals surface area contributed by atoms with Gasteiger partial charge in [-0.1, -0.05) is 24.1 Å². The molecule has 0 atom stereocenters. The van der Waals surface area contributed by atoms with Crippen LogP contribution in [0.2, 0.25) is 0 Å². The van der Waals surface area contributed by atoms with Crippen LogP contribution >= 0.6 is 0 Å². The first-order chi connectivity index (χ1) is 9.15. The molecule has 2 N–H and O–H groups in total.